The van der Waals surface area contributed by atoms with Crippen molar-refractivity contribution in [3.63, 3.8) is 0 Å². The molecule has 3 unspecified atom stereocenters. The van der Waals surface area contributed by atoms with E-state index in [1.54, 1.807) is 0 Å². The molecule has 1 aliphatic carbocycles. The highest BCUT2D eigenvalue weighted by Crippen LogP contribution is 2.32. The maximum atomic E-state index is 6.23. The van der Waals surface area contributed by atoms with Crippen molar-refractivity contribution < 1.29 is 4.74 Å². The van der Waals surface area contributed by atoms with Gasteiger partial charge in [-0.2, -0.15) is 0 Å². The summed E-state index contributed by atoms with van der Waals surface area (Å²) in [7, 11) is 0. The second-order valence-electron chi connectivity index (χ2n) is 6.38. The van der Waals surface area contributed by atoms with Crippen molar-refractivity contribution >= 4 is 0 Å². The first kappa shape index (κ1) is 14.4. The predicted molar refractivity (Wildman–Crippen MR) is 80.5 cm³/mol. The topological polar surface area (TPSA) is 35.2 Å². The van der Waals surface area contributed by atoms with Crippen LogP contribution in [0.1, 0.15) is 44.2 Å². The molecule has 2 heteroatoms. The van der Waals surface area contributed by atoms with Crippen LogP contribution in [0.4, 0.5) is 0 Å². The Morgan fingerprint density at radius 3 is 2.53 bits per heavy atom. The lowest BCUT2D eigenvalue weighted by molar-refractivity contribution is 0.0867. The molecule has 106 valence electrons. The SMILES string of the molecule is Cc1ccc(OC2CC(C(C)C)CCC2N)cc1C. The fourth-order valence-electron chi connectivity index (χ4n) is 2.89. The van der Waals surface area contributed by atoms with Crippen LogP contribution in [0.25, 0.3) is 0 Å². The van der Waals surface area contributed by atoms with Gasteiger partial charge in [-0.1, -0.05) is 19.9 Å². The molecule has 19 heavy (non-hydrogen) atoms. The van der Waals surface area contributed by atoms with E-state index in [1.807, 2.05) is 0 Å². The fraction of sp³-hybridized carbons (Fsp3) is 0.647. The van der Waals surface area contributed by atoms with Crippen LogP contribution >= 0.6 is 0 Å². The monoisotopic (exact) mass is 261 g/mol. The van der Waals surface area contributed by atoms with Gasteiger partial charge in [-0.3, -0.25) is 0 Å². The summed E-state index contributed by atoms with van der Waals surface area (Å²) in [4.78, 5) is 0. The van der Waals surface area contributed by atoms with Gasteiger partial charge in [-0.25, -0.2) is 0 Å². The first-order chi connectivity index (χ1) is 8.97. The molecule has 1 aromatic carbocycles. The largest absolute Gasteiger partial charge is 0.489 e. The minimum absolute atomic E-state index is 0.170. The summed E-state index contributed by atoms with van der Waals surface area (Å²) in [5, 5.41) is 0. The van der Waals surface area contributed by atoms with E-state index in [2.05, 4.69) is 45.9 Å². The van der Waals surface area contributed by atoms with Crippen molar-refractivity contribution in [2.24, 2.45) is 17.6 Å². The van der Waals surface area contributed by atoms with Gasteiger partial charge in [0, 0.05) is 6.04 Å². The van der Waals surface area contributed by atoms with Gasteiger partial charge in [0.25, 0.3) is 0 Å². The maximum Gasteiger partial charge on any atom is 0.120 e. The van der Waals surface area contributed by atoms with E-state index in [-0.39, 0.29) is 12.1 Å². The lowest BCUT2D eigenvalue weighted by Gasteiger charge is -2.36. The van der Waals surface area contributed by atoms with E-state index in [9.17, 15) is 0 Å². The molecule has 0 saturated heterocycles. The zero-order chi connectivity index (χ0) is 14.0. The average molecular weight is 261 g/mol. The molecule has 2 rings (SSSR count). The van der Waals surface area contributed by atoms with Crippen LogP contribution < -0.4 is 10.5 Å². The van der Waals surface area contributed by atoms with Crippen LogP contribution in [0, 0.1) is 25.7 Å². The lowest BCUT2D eigenvalue weighted by Crippen LogP contribution is -2.44. The van der Waals surface area contributed by atoms with Crippen molar-refractivity contribution in [2.75, 3.05) is 0 Å². The van der Waals surface area contributed by atoms with Crippen LogP contribution in [-0.2, 0) is 0 Å². The molecule has 0 heterocycles. The summed E-state index contributed by atoms with van der Waals surface area (Å²) < 4.78 is 6.16. The van der Waals surface area contributed by atoms with Gasteiger partial charge in [0.05, 0.1) is 0 Å². The molecular formula is C17H27NO. The van der Waals surface area contributed by atoms with Gasteiger partial charge in [-0.05, 0) is 68.2 Å². The molecule has 2 nitrogen and oxygen atoms in total. The standard InChI is InChI=1S/C17H27NO/c1-11(2)14-6-8-16(18)17(10-14)19-15-7-5-12(3)13(4)9-15/h5,7,9,11,14,16-17H,6,8,10,18H2,1-4H3. The molecule has 1 aromatic rings. The summed E-state index contributed by atoms with van der Waals surface area (Å²) in [5.74, 6) is 2.43. The van der Waals surface area contributed by atoms with E-state index < -0.39 is 0 Å². The van der Waals surface area contributed by atoms with Crippen LogP contribution in [0.5, 0.6) is 5.75 Å². The molecule has 2 N–H and O–H groups in total. The second kappa shape index (κ2) is 5.96. The number of benzene rings is 1. The third-order valence-corrected chi connectivity index (χ3v) is 4.59. The van der Waals surface area contributed by atoms with Crippen molar-refractivity contribution in [1.29, 1.82) is 0 Å². The first-order valence-corrected chi connectivity index (χ1v) is 7.47. The minimum Gasteiger partial charge on any atom is -0.489 e. The van der Waals surface area contributed by atoms with E-state index in [4.69, 9.17) is 10.5 Å². The Kier molecular flexibility index (Phi) is 4.51. The van der Waals surface area contributed by atoms with E-state index in [0.717, 1.165) is 30.4 Å². The maximum absolute atomic E-state index is 6.23. The van der Waals surface area contributed by atoms with Crippen molar-refractivity contribution in [2.45, 2.75) is 59.1 Å². The molecule has 0 bridgehead atoms. The number of ether oxygens (including phenoxy) is 1. The summed E-state index contributed by atoms with van der Waals surface area (Å²) in [6.45, 7) is 8.85. The van der Waals surface area contributed by atoms with E-state index in [0.29, 0.717) is 0 Å². The van der Waals surface area contributed by atoms with Gasteiger partial charge >= 0.3 is 0 Å². The zero-order valence-electron chi connectivity index (χ0n) is 12.6. The molecule has 0 radical (unpaired) electrons. The smallest absolute Gasteiger partial charge is 0.120 e. The Hall–Kier alpha value is -1.02. The van der Waals surface area contributed by atoms with Crippen molar-refractivity contribution in [3.05, 3.63) is 29.3 Å². The Morgan fingerprint density at radius 2 is 1.89 bits per heavy atom. The number of nitrogens with two attached hydrogens (primary N) is 1. The second-order valence-corrected chi connectivity index (χ2v) is 6.38. The number of aryl methyl sites for hydroxylation is 2. The summed E-state index contributed by atoms with van der Waals surface area (Å²) >= 11 is 0. The van der Waals surface area contributed by atoms with Crippen molar-refractivity contribution in [3.8, 4) is 5.75 Å². The third kappa shape index (κ3) is 3.50. The van der Waals surface area contributed by atoms with Crippen LogP contribution in [0.2, 0.25) is 0 Å². The molecule has 0 spiro atoms. The van der Waals surface area contributed by atoms with Gasteiger partial charge in [-0.15, -0.1) is 0 Å². The summed E-state index contributed by atoms with van der Waals surface area (Å²) in [5.41, 5.74) is 8.82. The first-order valence-electron chi connectivity index (χ1n) is 7.47. The molecule has 1 aliphatic rings. The van der Waals surface area contributed by atoms with Crippen molar-refractivity contribution in [1.82, 2.24) is 0 Å². The highest BCUT2D eigenvalue weighted by atomic mass is 16.5. The van der Waals surface area contributed by atoms with Crippen LogP contribution in [-0.4, -0.2) is 12.1 Å². The van der Waals surface area contributed by atoms with Crippen LogP contribution in [0.3, 0.4) is 0 Å². The predicted octanol–water partition coefficient (Wildman–Crippen LogP) is 3.83. The van der Waals surface area contributed by atoms with E-state index in [1.165, 1.54) is 17.5 Å². The number of hydrogen-bond acceptors (Lipinski definition) is 2. The van der Waals surface area contributed by atoms with Gasteiger partial charge < -0.3 is 10.5 Å². The zero-order valence-corrected chi connectivity index (χ0v) is 12.6. The molecule has 1 fully saturated rings. The van der Waals surface area contributed by atoms with Gasteiger partial charge in [0.15, 0.2) is 0 Å². The average Bonchev–Trinajstić information content (AvgIpc) is 2.36. The van der Waals surface area contributed by atoms with Gasteiger partial charge in [0.2, 0.25) is 0 Å². The molecule has 0 aliphatic heterocycles. The Balaban J connectivity index is 2.05. The fourth-order valence-corrected chi connectivity index (χ4v) is 2.89. The molecular weight excluding hydrogens is 234 g/mol. The highest BCUT2D eigenvalue weighted by Gasteiger charge is 2.31. The Bertz CT molecular complexity index is 427. The minimum atomic E-state index is 0.170. The lowest BCUT2D eigenvalue weighted by atomic mass is 9.78. The van der Waals surface area contributed by atoms with Gasteiger partial charge in [0.1, 0.15) is 11.9 Å². The molecule has 0 aromatic heterocycles. The van der Waals surface area contributed by atoms with E-state index >= 15 is 0 Å². The third-order valence-electron chi connectivity index (χ3n) is 4.59. The molecule has 0 amide bonds. The summed E-state index contributed by atoms with van der Waals surface area (Å²) in [6.07, 6.45) is 3.58. The Labute approximate surface area is 117 Å². The Morgan fingerprint density at radius 1 is 1.16 bits per heavy atom. The molecule has 1 saturated carbocycles. The summed E-state index contributed by atoms with van der Waals surface area (Å²) in [6, 6.07) is 6.49. The van der Waals surface area contributed by atoms with Crippen LogP contribution in [0.15, 0.2) is 18.2 Å². The quantitative estimate of drug-likeness (QED) is 0.897. The number of rotatable bonds is 3. The number of hydrogen-bond donors (Lipinski definition) is 1. The highest BCUT2D eigenvalue weighted by molar-refractivity contribution is 5.34. The molecule has 3 atom stereocenters. The normalized spacial score (nSPS) is 27.6.